The van der Waals surface area contributed by atoms with Crippen molar-refractivity contribution in [3.63, 3.8) is 0 Å². The van der Waals surface area contributed by atoms with Crippen LogP contribution in [-0.2, 0) is 22.4 Å². The molecule has 0 saturated heterocycles. The van der Waals surface area contributed by atoms with E-state index in [-0.39, 0.29) is 18.7 Å². The van der Waals surface area contributed by atoms with Gasteiger partial charge in [-0.15, -0.1) is 11.3 Å². The van der Waals surface area contributed by atoms with Crippen molar-refractivity contribution in [2.45, 2.75) is 26.7 Å². The topological polar surface area (TPSA) is 88.5 Å². The maximum atomic E-state index is 11.8. The Morgan fingerprint density at radius 3 is 2.58 bits per heavy atom. The molecule has 0 spiro atoms. The second-order valence-electron chi connectivity index (χ2n) is 5.50. The molecule has 0 radical (unpaired) electrons. The Balaban J connectivity index is 1.71. The number of carbonyl (C=O) groups is 2. The van der Waals surface area contributed by atoms with Crippen LogP contribution in [0.1, 0.15) is 21.8 Å². The summed E-state index contributed by atoms with van der Waals surface area (Å²) >= 11 is 1.29. The van der Waals surface area contributed by atoms with Crippen molar-refractivity contribution in [3.8, 4) is 5.75 Å². The summed E-state index contributed by atoms with van der Waals surface area (Å²) in [7, 11) is 0. The normalized spacial score (nSPS) is 10.4. The van der Waals surface area contributed by atoms with Gasteiger partial charge in [0.25, 0.3) is 0 Å². The summed E-state index contributed by atoms with van der Waals surface area (Å²) in [5.74, 6) is -0.296. The number of ether oxygens (including phenoxy) is 1. The summed E-state index contributed by atoms with van der Waals surface area (Å²) in [6.45, 7) is 4.80. The third kappa shape index (κ3) is 6.00. The molecular weight excluding hydrogens is 328 g/mol. The van der Waals surface area contributed by atoms with Crippen molar-refractivity contribution in [2.24, 2.45) is 0 Å². The van der Waals surface area contributed by atoms with E-state index < -0.39 is 5.97 Å². The number of nitrogens with zero attached hydrogens (tertiary/aromatic N) is 1. The molecule has 0 saturated carbocycles. The Morgan fingerprint density at radius 2 is 1.92 bits per heavy atom. The van der Waals surface area contributed by atoms with Gasteiger partial charge in [-0.25, -0.2) is 4.98 Å². The molecule has 0 atom stereocenters. The van der Waals surface area contributed by atoms with Crippen LogP contribution in [0.25, 0.3) is 0 Å². The molecule has 0 aliphatic heterocycles. The fourth-order valence-corrected chi connectivity index (χ4v) is 3.03. The zero-order valence-corrected chi connectivity index (χ0v) is 14.5. The molecular formula is C17H20N2O4S. The highest BCUT2D eigenvalue weighted by Gasteiger charge is 2.09. The number of carbonyl (C=O) groups excluding carboxylic acids is 1. The SMILES string of the molecule is Cc1cc(C)cc(OCCNC(=O)Cc2nc(CC(=O)O)cs2)c1. The van der Waals surface area contributed by atoms with Crippen molar-refractivity contribution >= 4 is 23.2 Å². The molecule has 128 valence electrons. The van der Waals surface area contributed by atoms with Crippen molar-refractivity contribution in [1.82, 2.24) is 10.3 Å². The highest BCUT2D eigenvalue weighted by Crippen LogP contribution is 2.16. The average molecular weight is 348 g/mol. The van der Waals surface area contributed by atoms with Crippen LogP contribution in [0.3, 0.4) is 0 Å². The lowest BCUT2D eigenvalue weighted by molar-refractivity contribution is -0.136. The lowest BCUT2D eigenvalue weighted by atomic mass is 10.1. The maximum Gasteiger partial charge on any atom is 0.309 e. The van der Waals surface area contributed by atoms with Crippen molar-refractivity contribution in [1.29, 1.82) is 0 Å². The molecule has 0 aliphatic carbocycles. The molecule has 2 rings (SSSR count). The minimum atomic E-state index is -0.931. The minimum Gasteiger partial charge on any atom is -0.492 e. The van der Waals surface area contributed by atoms with Crippen molar-refractivity contribution in [3.05, 3.63) is 45.4 Å². The van der Waals surface area contributed by atoms with Gasteiger partial charge in [0, 0.05) is 5.38 Å². The number of thiazole rings is 1. The maximum absolute atomic E-state index is 11.8. The third-order valence-electron chi connectivity index (χ3n) is 3.13. The molecule has 6 nitrogen and oxygen atoms in total. The van der Waals surface area contributed by atoms with Crippen LogP contribution in [0.15, 0.2) is 23.6 Å². The monoisotopic (exact) mass is 348 g/mol. The van der Waals surface area contributed by atoms with E-state index in [0.717, 1.165) is 16.9 Å². The molecule has 0 bridgehead atoms. The fraction of sp³-hybridized carbons (Fsp3) is 0.353. The second kappa shape index (κ2) is 8.44. The number of aliphatic carboxylic acids is 1. The molecule has 1 heterocycles. The summed E-state index contributed by atoms with van der Waals surface area (Å²) in [4.78, 5) is 26.6. The van der Waals surface area contributed by atoms with Gasteiger partial charge in [0.15, 0.2) is 0 Å². The molecule has 1 aromatic heterocycles. The number of aromatic nitrogens is 1. The van der Waals surface area contributed by atoms with Gasteiger partial charge >= 0.3 is 5.97 Å². The van der Waals surface area contributed by atoms with E-state index in [1.54, 1.807) is 5.38 Å². The van der Waals surface area contributed by atoms with E-state index >= 15 is 0 Å². The van der Waals surface area contributed by atoms with Crippen LogP contribution in [0.2, 0.25) is 0 Å². The van der Waals surface area contributed by atoms with Gasteiger partial charge in [0.05, 0.1) is 25.1 Å². The number of aryl methyl sites for hydroxylation is 2. The van der Waals surface area contributed by atoms with Gasteiger partial charge in [-0.2, -0.15) is 0 Å². The highest BCUT2D eigenvalue weighted by molar-refractivity contribution is 7.09. The molecule has 1 amide bonds. The molecule has 0 fully saturated rings. The first kappa shape index (κ1) is 17.9. The van der Waals surface area contributed by atoms with E-state index in [0.29, 0.717) is 23.9 Å². The van der Waals surface area contributed by atoms with Crippen molar-refractivity contribution in [2.75, 3.05) is 13.2 Å². The van der Waals surface area contributed by atoms with Crippen LogP contribution < -0.4 is 10.1 Å². The van der Waals surface area contributed by atoms with Crippen LogP contribution in [-0.4, -0.2) is 35.1 Å². The molecule has 0 unspecified atom stereocenters. The quantitative estimate of drug-likeness (QED) is 0.714. The molecule has 7 heteroatoms. The smallest absolute Gasteiger partial charge is 0.309 e. The Bertz CT molecular complexity index is 707. The van der Waals surface area contributed by atoms with Crippen LogP contribution in [0.4, 0.5) is 0 Å². The number of hydrogen-bond donors (Lipinski definition) is 2. The first-order valence-electron chi connectivity index (χ1n) is 7.55. The van der Waals surface area contributed by atoms with Gasteiger partial charge in [-0.3, -0.25) is 9.59 Å². The molecule has 1 aromatic carbocycles. The van der Waals surface area contributed by atoms with Gasteiger partial charge < -0.3 is 15.2 Å². The Labute approximate surface area is 144 Å². The van der Waals surface area contributed by atoms with Crippen LogP contribution >= 0.6 is 11.3 Å². The first-order valence-corrected chi connectivity index (χ1v) is 8.43. The summed E-state index contributed by atoms with van der Waals surface area (Å²) in [5, 5.41) is 13.7. The fourth-order valence-electron chi connectivity index (χ4n) is 2.24. The lowest BCUT2D eigenvalue weighted by Crippen LogP contribution is -2.29. The number of amides is 1. The van der Waals surface area contributed by atoms with Gasteiger partial charge in [0.2, 0.25) is 5.91 Å². The zero-order chi connectivity index (χ0) is 17.5. The standard InChI is InChI=1S/C17H20N2O4S/c1-11-5-12(2)7-14(6-11)23-4-3-18-15(20)9-16-19-13(10-24-16)8-17(21)22/h5-7,10H,3-4,8-9H2,1-2H3,(H,18,20)(H,21,22). The number of hydrogen-bond acceptors (Lipinski definition) is 5. The molecule has 24 heavy (non-hydrogen) atoms. The first-order chi connectivity index (χ1) is 11.4. The Kier molecular flexibility index (Phi) is 6.31. The van der Waals surface area contributed by atoms with E-state index in [4.69, 9.17) is 9.84 Å². The van der Waals surface area contributed by atoms with E-state index in [2.05, 4.69) is 16.4 Å². The van der Waals surface area contributed by atoms with Crippen LogP contribution in [0, 0.1) is 13.8 Å². The van der Waals surface area contributed by atoms with Crippen LogP contribution in [0.5, 0.6) is 5.75 Å². The third-order valence-corrected chi connectivity index (χ3v) is 4.03. The summed E-state index contributed by atoms with van der Waals surface area (Å²) < 4.78 is 5.62. The highest BCUT2D eigenvalue weighted by atomic mass is 32.1. The molecule has 0 aliphatic rings. The molecule has 2 aromatic rings. The predicted molar refractivity (Wildman–Crippen MR) is 91.6 cm³/mol. The molecule has 2 N–H and O–H groups in total. The summed E-state index contributed by atoms with van der Waals surface area (Å²) in [5.41, 5.74) is 2.75. The van der Waals surface area contributed by atoms with Gasteiger partial charge in [-0.05, 0) is 37.1 Å². The zero-order valence-electron chi connectivity index (χ0n) is 13.7. The lowest BCUT2D eigenvalue weighted by Gasteiger charge is -2.09. The average Bonchev–Trinajstić information content (AvgIpc) is 2.89. The summed E-state index contributed by atoms with van der Waals surface area (Å²) in [6.07, 6.45) is 0.0235. The largest absolute Gasteiger partial charge is 0.492 e. The number of nitrogens with one attached hydrogen (secondary N) is 1. The number of rotatable bonds is 8. The van der Waals surface area contributed by atoms with Gasteiger partial charge in [-0.1, -0.05) is 6.07 Å². The second-order valence-corrected chi connectivity index (χ2v) is 6.44. The number of carboxylic acid groups (broad SMARTS) is 1. The summed E-state index contributed by atoms with van der Waals surface area (Å²) in [6, 6.07) is 5.98. The minimum absolute atomic E-state index is 0.123. The van der Waals surface area contributed by atoms with Gasteiger partial charge in [0.1, 0.15) is 17.4 Å². The van der Waals surface area contributed by atoms with E-state index in [1.807, 2.05) is 26.0 Å². The Morgan fingerprint density at radius 1 is 1.21 bits per heavy atom. The van der Waals surface area contributed by atoms with E-state index in [1.165, 1.54) is 11.3 Å². The van der Waals surface area contributed by atoms with Crippen molar-refractivity contribution < 1.29 is 19.4 Å². The predicted octanol–water partition coefficient (Wildman–Crippen LogP) is 2.12. The Hall–Kier alpha value is -2.41. The van der Waals surface area contributed by atoms with E-state index in [9.17, 15) is 9.59 Å². The number of carboxylic acids is 1. The number of benzene rings is 1.